The second-order valence-electron chi connectivity index (χ2n) is 7.37. The first-order chi connectivity index (χ1) is 16.6. The number of carboxylic acids is 3. The highest BCUT2D eigenvalue weighted by atomic mass is 16.4. The number of rotatable bonds is 6. The van der Waals surface area contributed by atoms with Crippen molar-refractivity contribution in [1.29, 1.82) is 0 Å². The van der Waals surface area contributed by atoms with E-state index in [-0.39, 0.29) is 33.6 Å². The molecule has 1 heterocycles. The van der Waals surface area contributed by atoms with Crippen molar-refractivity contribution in [3.8, 4) is 0 Å². The minimum absolute atomic E-state index is 0.00807. The van der Waals surface area contributed by atoms with Gasteiger partial charge in [0.15, 0.2) is 0 Å². The summed E-state index contributed by atoms with van der Waals surface area (Å²) in [7, 11) is 0. The number of aromatic carboxylic acids is 3. The van der Waals surface area contributed by atoms with Crippen LogP contribution >= 0.6 is 0 Å². The lowest BCUT2D eigenvalue weighted by Crippen LogP contribution is -2.29. The van der Waals surface area contributed by atoms with Crippen molar-refractivity contribution < 1.29 is 44.1 Å². The second kappa shape index (κ2) is 8.56. The van der Waals surface area contributed by atoms with Crippen molar-refractivity contribution >= 4 is 47.0 Å². The van der Waals surface area contributed by atoms with Gasteiger partial charge in [0.05, 0.1) is 34.7 Å². The zero-order chi connectivity index (χ0) is 25.4. The average Bonchev–Trinajstić information content (AvgIpc) is 3.08. The highest BCUT2D eigenvalue weighted by molar-refractivity contribution is 6.34. The highest BCUT2D eigenvalue weighted by Gasteiger charge is 2.37. The van der Waals surface area contributed by atoms with Crippen molar-refractivity contribution in [2.45, 2.75) is 0 Å². The van der Waals surface area contributed by atoms with Gasteiger partial charge < -0.3 is 35.0 Å². The Morgan fingerprint density at radius 2 is 1.11 bits per heavy atom. The van der Waals surface area contributed by atoms with Gasteiger partial charge in [0.25, 0.3) is 17.7 Å². The molecule has 1 aliphatic heterocycles. The fourth-order valence-corrected chi connectivity index (χ4v) is 3.50. The van der Waals surface area contributed by atoms with Crippen LogP contribution in [0.3, 0.4) is 0 Å². The van der Waals surface area contributed by atoms with E-state index in [4.69, 9.17) is 0 Å². The third-order valence-corrected chi connectivity index (χ3v) is 5.17. The number of imide groups is 1. The number of hydrogen-bond donors (Lipinski definition) is 1. The molecular formula is C24H11N2O9-3. The number of fused-ring (bicyclic) bond motifs is 1. The molecule has 0 saturated heterocycles. The van der Waals surface area contributed by atoms with E-state index in [0.29, 0.717) is 0 Å². The summed E-state index contributed by atoms with van der Waals surface area (Å²) in [5.41, 5.74) is -1.37. The monoisotopic (exact) mass is 471 g/mol. The van der Waals surface area contributed by atoms with Gasteiger partial charge in [-0.2, -0.15) is 0 Å². The predicted octanol–water partition coefficient (Wildman–Crippen LogP) is -1.17. The number of carboxylic acid groups (broad SMARTS) is 3. The van der Waals surface area contributed by atoms with E-state index in [1.165, 1.54) is 36.4 Å². The molecule has 0 unspecified atom stereocenters. The standard InChI is InChI=1S/C24H14N2O9/c27-19(25-15-8-13(23(32)33)7-14(9-15)24(34)35)12-3-6-17-18(10-12)21(29)26(20(17)28)16-4-1-11(2-5-16)22(30)31/h1-10H,(H,25,27)(H,30,31)(H,32,33)(H,34,35)/p-3. The normalized spacial score (nSPS) is 12.3. The first kappa shape index (κ1) is 22.9. The molecule has 4 rings (SSSR count). The minimum atomic E-state index is -1.67. The number of amides is 3. The maximum Gasteiger partial charge on any atom is 0.266 e. The summed E-state index contributed by atoms with van der Waals surface area (Å²) in [6.07, 6.45) is 0. The Kier molecular flexibility index (Phi) is 5.59. The van der Waals surface area contributed by atoms with Crippen LogP contribution in [0.5, 0.6) is 0 Å². The Hall–Kier alpha value is -5.32. The SMILES string of the molecule is O=C([O-])c1ccc(N2C(=O)c3ccc(C(=O)Nc4cc(C(=O)[O-])cc(C(=O)[O-])c4)cc3C2=O)cc1. The van der Waals surface area contributed by atoms with Gasteiger partial charge in [-0.05, 0) is 65.2 Å². The summed E-state index contributed by atoms with van der Waals surface area (Å²) in [6, 6.07) is 11.3. The number of benzene rings is 3. The van der Waals surface area contributed by atoms with E-state index >= 15 is 0 Å². The lowest BCUT2D eigenvalue weighted by Gasteiger charge is -2.14. The van der Waals surface area contributed by atoms with Crippen LogP contribution in [-0.2, 0) is 0 Å². The molecule has 0 spiro atoms. The molecule has 3 aromatic rings. The Balaban J connectivity index is 1.62. The maximum atomic E-state index is 12.9. The number of carbonyl (C=O) groups is 6. The van der Waals surface area contributed by atoms with Gasteiger partial charge in [0.2, 0.25) is 0 Å². The number of hydrogen-bond acceptors (Lipinski definition) is 9. The van der Waals surface area contributed by atoms with Crippen LogP contribution in [0.4, 0.5) is 11.4 Å². The van der Waals surface area contributed by atoms with Gasteiger partial charge in [-0.15, -0.1) is 0 Å². The molecule has 174 valence electrons. The molecule has 0 atom stereocenters. The Bertz CT molecular complexity index is 1430. The first-order valence-electron chi connectivity index (χ1n) is 9.80. The van der Waals surface area contributed by atoms with Crippen LogP contribution in [0.1, 0.15) is 62.1 Å². The molecule has 3 amide bonds. The lowest BCUT2D eigenvalue weighted by molar-refractivity contribution is -0.256. The number of carbonyl (C=O) groups excluding carboxylic acids is 6. The van der Waals surface area contributed by atoms with Gasteiger partial charge in [-0.3, -0.25) is 14.4 Å². The molecule has 1 aliphatic rings. The van der Waals surface area contributed by atoms with Crippen molar-refractivity contribution in [2.75, 3.05) is 10.2 Å². The molecule has 0 radical (unpaired) electrons. The first-order valence-corrected chi connectivity index (χ1v) is 9.80. The third kappa shape index (κ3) is 4.20. The fraction of sp³-hybridized carbons (Fsp3) is 0. The van der Waals surface area contributed by atoms with E-state index in [9.17, 15) is 44.1 Å². The quantitative estimate of drug-likeness (QED) is 0.432. The van der Waals surface area contributed by atoms with Gasteiger partial charge in [0, 0.05) is 11.3 Å². The van der Waals surface area contributed by atoms with E-state index in [2.05, 4.69) is 5.32 Å². The third-order valence-electron chi connectivity index (χ3n) is 5.17. The van der Waals surface area contributed by atoms with Crippen LogP contribution in [0.15, 0.2) is 60.7 Å². The topological polar surface area (TPSA) is 187 Å². The largest absolute Gasteiger partial charge is 0.545 e. The average molecular weight is 471 g/mol. The smallest absolute Gasteiger partial charge is 0.266 e. The van der Waals surface area contributed by atoms with Gasteiger partial charge in [-0.25, -0.2) is 4.90 Å². The van der Waals surface area contributed by atoms with Crippen LogP contribution in [0, 0.1) is 0 Å². The Morgan fingerprint density at radius 1 is 0.600 bits per heavy atom. The zero-order valence-electron chi connectivity index (χ0n) is 17.4. The molecule has 0 aliphatic carbocycles. The van der Waals surface area contributed by atoms with Crippen LogP contribution in [0.25, 0.3) is 0 Å². The number of anilines is 2. The van der Waals surface area contributed by atoms with E-state index < -0.39 is 46.8 Å². The second-order valence-corrected chi connectivity index (χ2v) is 7.37. The van der Waals surface area contributed by atoms with Crippen molar-refractivity contribution in [3.63, 3.8) is 0 Å². The minimum Gasteiger partial charge on any atom is -0.545 e. The van der Waals surface area contributed by atoms with E-state index in [1.807, 2.05) is 0 Å². The summed E-state index contributed by atoms with van der Waals surface area (Å²) < 4.78 is 0. The van der Waals surface area contributed by atoms with Crippen molar-refractivity contribution in [1.82, 2.24) is 0 Å². The van der Waals surface area contributed by atoms with Crippen molar-refractivity contribution in [2.24, 2.45) is 0 Å². The Labute approximate surface area is 195 Å². The number of nitrogens with zero attached hydrogens (tertiary/aromatic N) is 1. The molecular weight excluding hydrogens is 460 g/mol. The summed E-state index contributed by atoms with van der Waals surface area (Å²) in [4.78, 5) is 72.4. The number of nitrogens with one attached hydrogen (secondary N) is 1. The van der Waals surface area contributed by atoms with Crippen LogP contribution in [0.2, 0.25) is 0 Å². The molecule has 0 aromatic heterocycles. The molecule has 0 saturated carbocycles. The van der Waals surface area contributed by atoms with Gasteiger partial charge in [0.1, 0.15) is 0 Å². The molecule has 3 aromatic carbocycles. The van der Waals surface area contributed by atoms with Crippen LogP contribution in [-0.4, -0.2) is 35.6 Å². The van der Waals surface area contributed by atoms with Gasteiger partial charge >= 0.3 is 0 Å². The van der Waals surface area contributed by atoms with Crippen molar-refractivity contribution in [3.05, 3.63) is 94.0 Å². The molecule has 11 nitrogen and oxygen atoms in total. The molecule has 0 fully saturated rings. The summed E-state index contributed by atoms with van der Waals surface area (Å²) >= 11 is 0. The maximum absolute atomic E-state index is 12.9. The van der Waals surface area contributed by atoms with Crippen LogP contribution < -0.4 is 25.5 Å². The predicted molar refractivity (Wildman–Crippen MR) is 111 cm³/mol. The lowest BCUT2D eigenvalue weighted by atomic mass is 10.0. The Morgan fingerprint density at radius 3 is 1.66 bits per heavy atom. The summed E-state index contributed by atoms with van der Waals surface area (Å²) in [5.74, 6) is -7.01. The summed E-state index contributed by atoms with van der Waals surface area (Å²) in [5, 5.41) is 35.5. The fourth-order valence-electron chi connectivity index (χ4n) is 3.50. The van der Waals surface area contributed by atoms with E-state index in [1.54, 1.807) is 0 Å². The highest BCUT2D eigenvalue weighted by Crippen LogP contribution is 2.29. The molecule has 11 heteroatoms. The summed E-state index contributed by atoms with van der Waals surface area (Å²) in [6.45, 7) is 0. The van der Waals surface area contributed by atoms with Gasteiger partial charge in [-0.1, -0.05) is 12.1 Å². The molecule has 0 bridgehead atoms. The van der Waals surface area contributed by atoms with E-state index in [0.717, 1.165) is 29.2 Å². The molecule has 35 heavy (non-hydrogen) atoms. The zero-order valence-corrected chi connectivity index (χ0v) is 17.4. The molecule has 1 N–H and O–H groups in total.